The molecule has 26 heavy (non-hydrogen) atoms. The van der Waals surface area contributed by atoms with Crippen molar-refractivity contribution in [3.05, 3.63) is 17.7 Å². The van der Waals surface area contributed by atoms with Gasteiger partial charge in [-0.2, -0.15) is 0 Å². The Labute approximate surface area is 162 Å². The summed E-state index contributed by atoms with van der Waals surface area (Å²) in [6.07, 6.45) is 0.931. The van der Waals surface area contributed by atoms with E-state index >= 15 is 0 Å². The molecule has 0 aromatic heterocycles. The first-order valence-corrected chi connectivity index (χ1v) is 9.18. The van der Waals surface area contributed by atoms with Gasteiger partial charge < -0.3 is 24.8 Å². The van der Waals surface area contributed by atoms with Gasteiger partial charge >= 0.3 is 0 Å². The predicted octanol–water partition coefficient (Wildman–Crippen LogP) is 3.03. The van der Waals surface area contributed by atoms with Crippen LogP contribution in [0.4, 0.5) is 0 Å². The van der Waals surface area contributed by atoms with Gasteiger partial charge in [0.05, 0.1) is 19.8 Å². The lowest BCUT2D eigenvalue weighted by Crippen LogP contribution is -2.48. The van der Waals surface area contributed by atoms with Crippen molar-refractivity contribution < 1.29 is 19.0 Å². The minimum absolute atomic E-state index is 0. The summed E-state index contributed by atoms with van der Waals surface area (Å²) in [7, 11) is 0. The molecule has 2 N–H and O–H groups in total. The number of benzene rings is 1. The van der Waals surface area contributed by atoms with E-state index in [1.165, 1.54) is 0 Å². The summed E-state index contributed by atoms with van der Waals surface area (Å²) in [5.41, 5.74) is 0.529. The first-order valence-electron chi connectivity index (χ1n) is 9.18. The fraction of sp³-hybridized carbons (Fsp3) is 0.632. The van der Waals surface area contributed by atoms with Crippen molar-refractivity contribution in [2.24, 2.45) is 5.92 Å². The van der Waals surface area contributed by atoms with Gasteiger partial charge in [-0.3, -0.25) is 4.79 Å². The lowest BCUT2D eigenvalue weighted by molar-refractivity contribution is 0.0913. The van der Waals surface area contributed by atoms with E-state index in [0.717, 1.165) is 19.5 Å². The highest BCUT2D eigenvalue weighted by Crippen LogP contribution is 2.39. The van der Waals surface area contributed by atoms with Gasteiger partial charge in [-0.05, 0) is 58.3 Å². The first kappa shape index (κ1) is 22.4. The van der Waals surface area contributed by atoms with Crippen LogP contribution in [0.2, 0.25) is 0 Å². The molecule has 0 bridgehead atoms. The Balaban J connectivity index is 0.00000338. The molecule has 2 rings (SSSR count). The Kier molecular flexibility index (Phi) is 9.59. The summed E-state index contributed by atoms with van der Waals surface area (Å²) in [6.45, 7) is 11.2. The molecule has 1 saturated heterocycles. The summed E-state index contributed by atoms with van der Waals surface area (Å²) < 4.78 is 17.1. The highest BCUT2D eigenvalue weighted by molar-refractivity contribution is 5.95. The van der Waals surface area contributed by atoms with Crippen molar-refractivity contribution in [1.29, 1.82) is 0 Å². The second kappa shape index (κ2) is 11.1. The van der Waals surface area contributed by atoms with Crippen LogP contribution in [0.15, 0.2) is 12.1 Å². The highest BCUT2D eigenvalue weighted by atomic mass is 35.5. The molecule has 6 nitrogen and oxygen atoms in total. The maximum atomic E-state index is 12.8. The molecular weight excluding hydrogens is 356 g/mol. The fourth-order valence-electron chi connectivity index (χ4n) is 3.00. The van der Waals surface area contributed by atoms with Crippen LogP contribution < -0.4 is 24.8 Å². The van der Waals surface area contributed by atoms with Crippen LogP contribution in [-0.4, -0.2) is 44.9 Å². The monoisotopic (exact) mass is 386 g/mol. The first-order chi connectivity index (χ1) is 12.1. The van der Waals surface area contributed by atoms with Crippen LogP contribution in [-0.2, 0) is 0 Å². The molecule has 1 amide bonds. The standard InChI is InChI=1S/C19H30N2O4.ClH/c1-5-23-16-10-14(11-17(24-6-2)18(16)25-7-3)19(22)21-15-8-9-20-12-13(15)4;/h10-11,13,15,20H,5-9,12H2,1-4H3,(H,21,22);1H. The van der Waals surface area contributed by atoms with Crippen LogP contribution in [0.5, 0.6) is 17.2 Å². The molecule has 2 unspecified atom stereocenters. The third-order valence-electron chi connectivity index (χ3n) is 4.27. The molecule has 1 heterocycles. The number of ether oxygens (including phenoxy) is 3. The molecule has 0 spiro atoms. The molecule has 1 aromatic rings. The Morgan fingerprint density at radius 3 is 2.19 bits per heavy atom. The van der Waals surface area contributed by atoms with Gasteiger partial charge in [-0.25, -0.2) is 0 Å². The van der Waals surface area contributed by atoms with E-state index in [9.17, 15) is 4.79 Å². The Hall–Kier alpha value is -1.66. The van der Waals surface area contributed by atoms with Gasteiger partial charge in [0, 0.05) is 11.6 Å². The predicted molar refractivity (Wildman–Crippen MR) is 105 cm³/mol. The minimum Gasteiger partial charge on any atom is -0.490 e. The van der Waals surface area contributed by atoms with Crippen LogP contribution in [0.25, 0.3) is 0 Å². The van der Waals surface area contributed by atoms with E-state index in [2.05, 4.69) is 17.6 Å². The average molecular weight is 387 g/mol. The average Bonchev–Trinajstić information content (AvgIpc) is 2.60. The molecular formula is C19H31ClN2O4. The van der Waals surface area contributed by atoms with Crippen LogP contribution in [0.1, 0.15) is 44.5 Å². The molecule has 1 aliphatic rings. The number of hydrogen-bond acceptors (Lipinski definition) is 5. The third-order valence-corrected chi connectivity index (χ3v) is 4.27. The number of hydrogen-bond donors (Lipinski definition) is 2. The summed E-state index contributed by atoms with van der Waals surface area (Å²) >= 11 is 0. The number of piperidine rings is 1. The molecule has 148 valence electrons. The molecule has 1 fully saturated rings. The van der Waals surface area contributed by atoms with E-state index in [4.69, 9.17) is 14.2 Å². The lowest BCUT2D eigenvalue weighted by atomic mass is 9.95. The lowest BCUT2D eigenvalue weighted by Gasteiger charge is -2.30. The smallest absolute Gasteiger partial charge is 0.251 e. The summed E-state index contributed by atoms with van der Waals surface area (Å²) in [5, 5.41) is 6.49. The normalized spacial score (nSPS) is 19.2. The molecule has 7 heteroatoms. The minimum atomic E-state index is -0.108. The maximum absolute atomic E-state index is 12.8. The van der Waals surface area contributed by atoms with Crippen LogP contribution in [0, 0.1) is 5.92 Å². The molecule has 1 aromatic carbocycles. The largest absolute Gasteiger partial charge is 0.490 e. The summed E-state index contributed by atoms with van der Waals surface area (Å²) in [5.74, 6) is 1.93. The zero-order valence-electron chi connectivity index (χ0n) is 16.1. The highest BCUT2D eigenvalue weighted by Gasteiger charge is 2.24. The number of amides is 1. The molecule has 0 radical (unpaired) electrons. The Bertz CT molecular complexity index is 556. The van der Waals surface area contributed by atoms with Crippen molar-refractivity contribution >= 4 is 18.3 Å². The zero-order chi connectivity index (χ0) is 18.2. The fourth-order valence-corrected chi connectivity index (χ4v) is 3.00. The second-order valence-corrected chi connectivity index (χ2v) is 6.15. The van der Waals surface area contributed by atoms with Gasteiger partial charge in [0.25, 0.3) is 5.91 Å². The van der Waals surface area contributed by atoms with E-state index in [-0.39, 0.29) is 24.4 Å². The zero-order valence-corrected chi connectivity index (χ0v) is 16.9. The number of carbonyl (C=O) groups excluding carboxylic acids is 1. The third kappa shape index (κ3) is 5.68. The Morgan fingerprint density at radius 1 is 1.12 bits per heavy atom. The Morgan fingerprint density at radius 2 is 1.69 bits per heavy atom. The van der Waals surface area contributed by atoms with E-state index in [1.54, 1.807) is 12.1 Å². The number of halogens is 1. The van der Waals surface area contributed by atoms with Gasteiger partial charge in [-0.1, -0.05) is 6.92 Å². The molecule has 2 atom stereocenters. The maximum Gasteiger partial charge on any atom is 0.251 e. The SMILES string of the molecule is CCOc1cc(C(=O)NC2CCNCC2C)cc(OCC)c1OCC.Cl. The molecule has 1 aliphatic heterocycles. The topological polar surface area (TPSA) is 68.8 Å². The molecule has 0 saturated carbocycles. The number of carbonyl (C=O) groups is 1. The van der Waals surface area contributed by atoms with Crippen molar-refractivity contribution in [2.45, 2.75) is 40.2 Å². The number of nitrogens with one attached hydrogen (secondary N) is 2. The van der Waals surface area contributed by atoms with Gasteiger partial charge in [0.15, 0.2) is 11.5 Å². The summed E-state index contributed by atoms with van der Waals surface area (Å²) in [6, 6.07) is 3.64. The van der Waals surface area contributed by atoms with Crippen molar-refractivity contribution in [1.82, 2.24) is 10.6 Å². The van der Waals surface area contributed by atoms with E-state index in [0.29, 0.717) is 48.6 Å². The van der Waals surface area contributed by atoms with Gasteiger partial charge in [0.1, 0.15) is 0 Å². The summed E-state index contributed by atoms with van der Waals surface area (Å²) in [4.78, 5) is 12.8. The molecule has 0 aliphatic carbocycles. The van der Waals surface area contributed by atoms with Crippen molar-refractivity contribution in [3.63, 3.8) is 0 Å². The number of rotatable bonds is 8. The van der Waals surface area contributed by atoms with Crippen molar-refractivity contribution in [3.8, 4) is 17.2 Å². The van der Waals surface area contributed by atoms with Gasteiger partial charge in [0.2, 0.25) is 5.75 Å². The van der Waals surface area contributed by atoms with Gasteiger partial charge in [-0.15, -0.1) is 12.4 Å². The van der Waals surface area contributed by atoms with E-state index in [1.807, 2.05) is 20.8 Å². The van der Waals surface area contributed by atoms with E-state index < -0.39 is 0 Å². The van der Waals surface area contributed by atoms with Crippen LogP contribution in [0.3, 0.4) is 0 Å². The van der Waals surface area contributed by atoms with Crippen LogP contribution >= 0.6 is 12.4 Å². The quantitative estimate of drug-likeness (QED) is 0.718. The second-order valence-electron chi connectivity index (χ2n) is 6.15. The van der Waals surface area contributed by atoms with Crippen molar-refractivity contribution in [2.75, 3.05) is 32.9 Å².